The van der Waals surface area contributed by atoms with Crippen LogP contribution in [-0.2, 0) is 4.74 Å². The van der Waals surface area contributed by atoms with E-state index >= 15 is 0 Å². The summed E-state index contributed by atoms with van der Waals surface area (Å²) < 4.78 is 4.65. The molecule has 0 aliphatic rings. The number of amides is 1. The Balaban J connectivity index is 2.06. The minimum atomic E-state index is -0.428. The third kappa shape index (κ3) is 5.52. The van der Waals surface area contributed by atoms with Gasteiger partial charge in [-0.05, 0) is 45.3 Å². The van der Waals surface area contributed by atoms with Crippen molar-refractivity contribution >= 4 is 23.4 Å². The molecule has 0 radical (unpaired) electrons. The van der Waals surface area contributed by atoms with E-state index < -0.39 is 5.97 Å². The normalized spacial score (nSPS) is 10.5. The van der Waals surface area contributed by atoms with Gasteiger partial charge in [0.1, 0.15) is 17.3 Å². The molecule has 0 fully saturated rings. The van der Waals surface area contributed by atoms with Crippen LogP contribution >= 0.6 is 0 Å². The highest BCUT2D eigenvalue weighted by Gasteiger charge is 2.12. The lowest BCUT2D eigenvalue weighted by Gasteiger charge is -2.12. The number of esters is 1. The highest BCUT2D eigenvalue weighted by molar-refractivity contribution is 6.03. The Labute approximate surface area is 152 Å². The van der Waals surface area contributed by atoms with Crippen LogP contribution in [0.1, 0.15) is 26.7 Å². The molecule has 1 aromatic carbocycles. The average Bonchev–Trinajstić information content (AvgIpc) is 2.61. The smallest absolute Gasteiger partial charge is 0.337 e. The molecule has 0 unspecified atom stereocenters. The van der Waals surface area contributed by atoms with E-state index in [1.165, 1.54) is 7.11 Å². The van der Waals surface area contributed by atoms with Gasteiger partial charge in [0.25, 0.3) is 5.91 Å². The van der Waals surface area contributed by atoms with Gasteiger partial charge in [0.2, 0.25) is 0 Å². The number of nitrogens with zero attached hydrogens (tertiary/aromatic N) is 3. The number of benzene rings is 1. The number of hydrogen-bond acceptors (Lipinski definition) is 7. The zero-order valence-corrected chi connectivity index (χ0v) is 15.4. The molecule has 1 heterocycles. The Bertz CT molecular complexity index is 775. The molecule has 0 saturated carbocycles. The van der Waals surface area contributed by atoms with E-state index in [-0.39, 0.29) is 11.6 Å². The van der Waals surface area contributed by atoms with Crippen molar-refractivity contribution in [1.29, 1.82) is 0 Å². The number of hydrogen-bond donors (Lipinski definition) is 2. The molecular weight excluding hydrogens is 334 g/mol. The van der Waals surface area contributed by atoms with Crippen LogP contribution in [-0.4, -0.2) is 61.0 Å². The van der Waals surface area contributed by atoms with Gasteiger partial charge in [-0.2, -0.15) is 0 Å². The van der Waals surface area contributed by atoms with Gasteiger partial charge >= 0.3 is 5.97 Å². The highest BCUT2D eigenvalue weighted by atomic mass is 16.5. The first kappa shape index (κ1) is 19.3. The average molecular weight is 357 g/mol. The number of carbonyl (C=O) groups excluding carboxylic acids is 2. The van der Waals surface area contributed by atoms with E-state index in [2.05, 4.69) is 25.3 Å². The number of aryl methyl sites for hydroxylation is 1. The monoisotopic (exact) mass is 357 g/mol. The van der Waals surface area contributed by atoms with Crippen LogP contribution in [0.2, 0.25) is 0 Å². The van der Waals surface area contributed by atoms with Gasteiger partial charge in [-0.25, -0.2) is 14.8 Å². The fourth-order valence-corrected chi connectivity index (χ4v) is 2.18. The second kappa shape index (κ2) is 8.91. The highest BCUT2D eigenvalue weighted by Crippen LogP contribution is 2.13. The first-order chi connectivity index (χ1) is 12.4. The molecule has 138 valence electrons. The van der Waals surface area contributed by atoms with E-state index in [9.17, 15) is 9.59 Å². The maximum atomic E-state index is 12.4. The molecular formula is C18H23N5O3. The summed E-state index contributed by atoms with van der Waals surface area (Å²) in [4.78, 5) is 34.4. The van der Waals surface area contributed by atoms with Crippen molar-refractivity contribution in [3.63, 3.8) is 0 Å². The van der Waals surface area contributed by atoms with Gasteiger partial charge in [-0.1, -0.05) is 0 Å². The van der Waals surface area contributed by atoms with Crippen LogP contribution in [0, 0.1) is 6.92 Å². The topological polar surface area (TPSA) is 96.4 Å². The van der Waals surface area contributed by atoms with Crippen molar-refractivity contribution < 1.29 is 14.3 Å². The maximum absolute atomic E-state index is 12.4. The molecule has 2 aromatic rings. The number of likely N-dealkylation sites (N-methyl/N-ethyl adjacent to an activating group) is 1. The molecule has 26 heavy (non-hydrogen) atoms. The number of nitrogens with one attached hydrogen (secondary N) is 2. The molecule has 0 atom stereocenters. The Morgan fingerprint density at radius 1 is 1.15 bits per heavy atom. The molecule has 0 aliphatic heterocycles. The number of ether oxygens (including phenoxy) is 1. The lowest BCUT2D eigenvalue weighted by atomic mass is 10.2. The minimum absolute atomic E-state index is 0.266. The molecule has 0 bridgehead atoms. The van der Waals surface area contributed by atoms with Crippen LogP contribution in [0.4, 0.5) is 11.5 Å². The predicted octanol–water partition coefficient (Wildman–Crippen LogP) is 1.80. The van der Waals surface area contributed by atoms with Crippen LogP contribution in [0.5, 0.6) is 0 Å². The Morgan fingerprint density at radius 3 is 2.46 bits per heavy atom. The zero-order chi connectivity index (χ0) is 19.1. The second-order valence-electron chi connectivity index (χ2n) is 5.94. The Morgan fingerprint density at radius 2 is 1.85 bits per heavy atom. The quantitative estimate of drug-likeness (QED) is 0.729. The summed E-state index contributed by atoms with van der Waals surface area (Å²) in [5.41, 5.74) is 1.23. The van der Waals surface area contributed by atoms with Crippen molar-refractivity contribution in [1.82, 2.24) is 14.9 Å². The van der Waals surface area contributed by atoms with Crippen LogP contribution in [0.15, 0.2) is 30.3 Å². The van der Waals surface area contributed by atoms with E-state index in [1.807, 2.05) is 19.0 Å². The summed E-state index contributed by atoms with van der Waals surface area (Å²) in [5, 5.41) is 5.93. The lowest BCUT2D eigenvalue weighted by molar-refractivity contribution is 0.0600. The van der Waals surface area contributed by atoms with Crippen molar-refractivity contribution in [2.75, 3.05) is 44.9 Å². The van der Waals surface area contributed by atoms with Crippen LogP contribution < -0.4 is 10.6 Å². The number of methoxy groups -OCH3 is 1. The number of aromatic nitrogens is 2. The molecule has 8 nitrogen and oxygen atoms in total. The Hall–Kier alpha value is -3.00. The standard InChI is InChI=1S/C18H23N5O3/c1-12-20-15(11-16(21-12)19-9-10-23(2)3)17(24)22-14-7-5-13(6-8-14)18(25)26-4/h5-8,11H,9-10H2,1-4H3,(H,22,24)(H,19,20,21). The van der Waals surface area contributed by atoms with Gasteiger partial charge in [0.05, 0.1) is 12.7 Å². The molecule has 1 aromatic heterocycles. The molecule has 0 saturated heterocycles. The summed E-state index contributed by atoms with van der Waals surface area (Å²) in [6, 6.07) is 8.05. The van der Waals surface area contributed by atoms with Crippen LogP contribution in [0.3, 0.4) is 0 Å². The van der Waals surface area contributed by atoms with Gasteiger partial charge in [-0.3, -0.25) is 4.79 Å². The van der Waals surface area contributed by atoms with E-state index in [1.54, 1.807) is 37.3 Å². The predicted molar refractivity (Wildman–Crippen MR) is 99.5 cm³/mol. The fraction of sp³-hybridized carbons (Fsp3) is 0.333. The largest absolute Gasteiger partial charge is 0.465 e. The summed E-state index contributed by atoms with van der Waals surface area (Å²) in [5.74, 6) is 0.330. The number of carbonyl (C=O) groups is 2. The van der Waals surface area contributed by atoms with Crippen molar-refractivity contribution in [3.05, 3.63) is 47.4 Å². The maximum Gasteiger partial charge on any atom is 0.337 e. The van der Waals surface area contributed by atoms with Crippen molar-refractivity contribution in [2.24, 2.45) is 0 Å². The second-order valence-corrected chi connectivity index (χ2v) is 5.94. The van der Waals surface area contributed by atoms with Crippen LogP contribution in [0.25, 0.3) is 0 Å². The van der Waals surface area contributed by atoms with E-state index in [4.69, 9.17) is 0 Å². The van der Waals surface area contributed by atoms with Gasteiger partial charge < -0.3 is 20.3 Å². The van der Waals surface area contributed by atoms with Gasteiger partial charge in [-0.15, -0.1) is 0 Å². The van der Waals surface area contributed by atoms with Gasteiger partial charge in [0, 0.05) is 24.8 Å². The number of rotatable bonds is 7. The molecule has 2 N–H and O–H groups in total. The SMILES string of the molecule is COC(=O)c1ccc(NC(=O)c2cc(NCCN(C)C)nc(C)n2)cc1. The fourth-order valence-electron chi connectivity index (χ4n) is 2.18. The first-order valence-electron chi connectivity index (χ1n) is 8.13. The summed E-state index contributed by atoms with van der Waals surface area (Å²) in [6.45, 7) is 3.29. The third-order valence-electron chi connectivity index (χ3n) is 3.50. The lowest BCUT2D eigenvalue weighted by Crippen LogP contribution is -2.22. The zero-order valence-electron chi connectivity index (χ0n) is 15.4. The first-order valence-corrected chi connectivity index (χ1v) is 8.13. The van der Waals surface area contributed by atoms with Gasteiger partial charge in [0.15, 0.2) is 0 Å². The van der Waals surface area contributed by atoms with Crippen molar-refractivity contribution in [2.45, 2.75) is 6.92 Å². The summed E-state index contributed by atoms with van der Waals surface area (Å²) >= 11 is 0. The van der Waals surface area contributed by atoms with E-state index in [0.29, 0.717) is 29.4 Å². The summed E-state index contributed by atoms with van der Waals surface area (Å²) in [7, 11) is 5.29. The van der Waals surface area contributed by atoms with E-state index in [0.717, 1.165) is 6.54 Å². The minimum Gasteiger partial charge on any atom is -0.465 e. The molecule has 2 rings (SSSR count). The number of anilines is 2. The third-order valence-corrected chi connectivity index (χ3v) is 3.50. The molecule has 0 aliphatic carbocycles. The molecule has 0 spiro atoms. The Kier molecular flexibility index (Phi) is 6.62. The van der Waals surface area contributed by atoms with Crippen molar-refractivity contribution in [3.8, 4) is 0 Å². The molecule has 8 heteroatoms. The molecule has 1 amide bonds. The summed E-state index contributed by atoms with van der Waals surface area (Å²) in [6.07, 6.45) is 0.